The van der Waals surface area contributed by atoms with Gasteiger partial charge < -0.3 is 0 Å². The van der Waals surface area contributed by atoms with Gasteiger partial charge in [-0.15, -0.1) is 0 Å². The van der Waals surface area contributed by atoms with Gasteiger partial charge in [0.05, 0.1) is 0 Å². The third kappa shape index (κ3) is 4.43. The van der Waals surface area contributed by atoms with Gasteiger partial charge in [0, 0.05) is 0 Å². The second-order valence-corrected chi connectivity index (χ2v) is 5.74. The van der Waals surface area contributed by atoms with E-state index < -0.39 is 0 Å². The van der Waals surface area contributed by atoms with Crippen LogP contribution in [0.4, 0.5) is 0 Å². The summed E-state index contributed by atoms with van der Waals surface area (Å²) in [5, 5.41) is 0. The molecule has 0 atom stereocenters. The maximum absolute atomic E-state index is 2.32. The molecule has 16 heavy (non-hydrogen) atoms. The summed E-state index contributed by atoms with van der Waals surface area (Å²) in [4.78, 5) is 0. The van der Waals surface area contributed by atoms with Crippen molar-refractivity contribution in [1.29, 1.82) is 0 Å². The fourth-order valence-corrected chi connectivity index (χ4v) is 1.92. The van der Waals surface area contributed by atoms with Crippen LogP contribution in [-0.2, 0) is 0 Å². The van der Waals surface area contributed by atoms with Crippen molar-refractivity contribution in [3.63, 3.8) is 0 Å². The molecule has 0 aromatic carbocycles. The molecule has 0 heterocycles. The normalized spacial score (nSPS) is 15.9. The van der Waals surface area contributed by atoms with Gasteiger partial charge in [-0.1, -0.05) is 58.3 Å². The van der Waals surface area contributed by atoms with Gasteiger partial charge in [0.15, 0.2) is 0 Å². The molecule has 90 valence electrons. The van der Waals surface area contributed by atoms with E-state index in [0.29, 0.717) is 5.92 Å². The van der Waals surface area contributed by atoms with Gasteiger partial charge in [-0.05, 0) is 36.3 Å². The average Bonchev–Trinajstić information content (AvgIpc) is 2.14. The molecule has 0 N–H and O–H groups in total. The standard InChI is InChI=1S/C15H27B/c1-8-12(16)10-13(11(3)4)14(9-2)15(5,6)7/h8-11H,16H2,1-7H3/b12-8+,13-10+,14-9+. The van der Waals surface area contributed by atoms with Crippen LogP contribution in [0.5, 0.6) is 0 Å². The lowest BCUT2D eigenvalue weighted by Gasteiger charge is -2.28. The Morgan fingerprint density at radius 3 is 1.81 bits per heavy atom. The van der Waals surface area contributed by atoms with Crippen molar-refractivity contribution in [3.05, 3.63) is 34.8 Å². The second kappa shape index (κ2) is 6.13. The quantitative estimate of drug-likeness (QED) is 0.494. The second-order valence-electron chi connectivity index (χ2n) is 5.74. The zero-order chi connectivity index (χ0) is 12.9. The van der Waals surface area contributed by atoms with E-state index in [2.05, 4.69) is 74.5 Å². The molecule has 0 aliphatic carbocycles. The van der Waals surface area contributed by atoms with Crippen LogP contribution in [0, 0.1) is 11.3 Å². The maximum Gasteiger partial charge on any atom is 0.138 e. The van der Waals surface area contributed by atoms with Gasteiger partial charge >= 0.3 is 0 Å². The number of allylic oxidation sites excluding steroid dienone is 6. The minimum atomic E-state index is 0.221. The fraction of sp³-hybridized carbons (Fsp3) is 0.600. The van der Waals surface area contributed by atoms with Gasteiger partial charge in [-0.2, -0.15) is 0 Å². The molecule has 0 aliphatic rings. The zero-order valence-corrected chi connectivity index (χ0v) is 12.3. The Balaban J connectivity index is 5.47. The van der Waals surface area contributed by atoms with Crippen molar-refractivity contribution in [1.82, 2.24) is 0 Å². The predicted octanol–water partition coefficient (Wildman–Crippen LogP) is 4.10. The molecule has 0 aliphatic heterocycles. The van der Waals surface area contributed by atoms with Crippen LogP contribution in [0.2, 0.25) is 0 Å². The lowest BCUT2D eigenvalue weighted by atomic mass is 9.76. The summed E-state index contributed by atoms with van der Waals surface area (Å²) in [6.45, 7) is 15.6. The van der Waals surface area contributed by atoms with E-state index in [0.717, 1.165) is 0 Å². The summed E-state index contributed by atoms with van der Waals surface area (Å²) >= 11 is 0. The summed E-state index contributed by atoms with van der Waals surface area (Å²) in [6.07, 6.45) is 6.75. The molecule has 0 rings (SSSR count). The highest BCUT2D eigenvalue weighted by Gasteiger charge is 2.21. The van der Waals surface area contributed by atoms with Gasteiger partial charge in [0.1, 0.15) is 7.85 Å². The number of hydrogen-bond acceptors (Lipinski definition) is 0. The van der Waals surface area contributed by atoms with E-state index in [1.54, 1.807) is 0 Å². The van der Waals surface area contributed by atoms with Crippen LogP contribution in [0.3, 0.4) is 0 Å². The minimum absolute atomic E-state index is 0.221. The van der Waals surface area contributed by atoms with Gasteiger partial charge in [-0.3, -0.25) is 0 Å². The van der Waals surface area contributed by atoms with E-state index in [9.17, 15) is 0 Å². The number of hydrogen-bond donors (Lipinski definition) is 0. The third-order valence-corrected chi connectivity index (χ3v) is 2.87. The van der Waals surface area contributed by atoms with Crippen molar-refractivity contribution in [2.45, 2.75) is 48.5 Å². The molecule has 0 unspecified atom stereocenters. The highest BCUT2D eigenvalue weighted by Crippen LogP contribution is 2.35. The first-order chi connectivity index (χ1) is 7.23. The fourth-order valence-electron chi connectivity index (χ4n) is 1.92. The van der Waals surface area contributed by atoms with Crippen LogP contribution >= 0.6 is 0 Å². The molecular weight excluding hydrogens is 191 g/mol. The topological polar surface area (TPSA) is 0 Å². The van der Waals surface area contributed by atoms with Gasteiger partial charge in [0.2, 0.25) is 0 Å². The lowest BCUT2D eigenvalue weighted by molar-refractivity contribution is 0.496. The smallest absolute Gasteiger partial charge is 0.0940 e. The summed E-state index contributed by atoms with van der Waals surface area (Å²) in [5.41, 5.74) is 4.49. The molecule has 0 fully saturated rings. The molecule has 0 nitrogen and oxygen atoms in total. The Morgan fingerprint density at radius 1 is 1.06 bits per heavy atom. The Bertz CT molecular complexity index is 309. The molecule has 0 saturated heterocycles. The first kappa shape index (κ1) is 15.3. The van der Waals surface area contributed by atoms with Crippen LogP contribution in [0.25, 0.3) is 0 Å². The zero-order valence-electron chi connectivity index (χ0n) is 12.3. The van der Waals surface area contributed by atoms with Gasteiger partial charge in [0.25, 0.3) is 0 Å². The Morgan fingerprint density at radius 2 is 1.56 bits per heavy atom. The Labute approximate surface area is 103 Å². The van der Waals surface area contributed by atoms with Crippen molar-refractivity contribution in [2.75, 3.05) is 0 Å². The summed E-state index contributed by atoms with van der Waals surface area (Å²) in [6, 6.07) is 0. The first-order valence-corrected chi connectivity index (χ1v) is 6.25. The van der Waals surface area contributed by atoms with Crippen LogP contribution < -0.4 is 0 Å². The molecule has 0 bridgehead atoms. The largest absolute Gasteiger partial charge is 0.138 e. The summed E-state index contributed by atoms with van der Waals surface area (Å²) in [7, 11) is 2.16. The van der Waals surface area contributed by atoms with Crippen molar-refractivity contribution < 1.29 is 0 Å². The monoisotopic (exact) mass is 218 g/mol. The minimum Gasteiger partial charge on any atom is -0.0940 e. The molecular formula is C15H27B. The molecule has 0 aromatic rings. The summed E-state index contributed by atoms with van der Waals surface area (Å²) in [5.74, 6) is 0.570. The van der Waals surface area contributed by atoms with E-state index >= 15 is 0 Å². The van der Waals surface area contributed by atoms with Gasteiger partial charge in [-0.25, -0.2) is 0 Å². The SMILES string of the molecule is BC(=C/C)/C=C(/C(=C\C)C(C)(C)C)C(C)C. The average molecular weight is 218 g/mol. The first-order valence-electron chi connectivity index (χ1n) is 6.25. The van der Waals surface area contributed by atoms with Crippen LogP contribution in [0.15, 0.2) is 34.8 Å². The summed E-state index contributed by atoms with van der Waals surface area (Å²) < 4.78 is 0. The van der Waals surface area contributed by atoms with Crippen LogP contribution in [-0.4, -0.2) is 7.85 Å². The third-order valence-electron chi connectivity index (χ3n) is 2.87. The maximum atomic E-state index is 2.32. The predicted molar refractivity (Wildman–Crippen MR) is 78.4 cm³/mol. The van der Waals surface area contributed by atoms with Crippen LogP contribution in [0.1, 0.15) is 48.5 Å². The Hall–Kier alpha value is -0.715. The molecule has 0 saturated carbocycles. The van der Waals surface area contributed by atoms with Crippen molar-refractivity contribution >= 4 is 7.85 Å². The Kier molecular flexibility index (Phi) is 5.85. The molecule has 1 heteroatoms. The van der Waals surface area contributed by atoms with E-state index in [1.807, 2.05) is 0 Å². The molecule has 0 amide bonds. The lowest BCUT2D eigenvalue weighted by Crippen LogP contribution is -2.14. The van der Waals surface area contributed by atoms with E-state index in [4.69, 9.17) is 0 Å². The molecule has 0 radical (unpaired) electrons. The highest BCUT2D eigenvalue weighted by molar-refractivity contribution is 6.23. The molecule has 0 spiro atoms. The number of rotatable bonds is 3. The van der Waals surface area contributed by atoms with Crippen molar-refractivity contribution in [3.8, 4) is 0 Å². The van der Waals surface area contributed by atoms with E-state index in [-0.39, 0.29) is 5.41 Å². The van der Waals surface area contributed by atoms with E-state index in [1.165, 1.54) is 16.6 Å². The molecule has 0 aromatic heterocycles. The highest BCUT2D eigenvalue weighted by atomic mass is 14.3. The van der Waals surface area contributed by atoms with Crippen molar-refractivity contribution in [2.24, 2.45) is 11.3 Å².